The molecule has 1 unspecified atom stereocenters. The number of hydrogen-bond acceptors (Lipinski definition) is 3. The highest BCUT2D eigenvalue weighted by atomic mass is 16.5. The molecular weight excluding hydrogens is 230 g/mol. The van der Waals surface area contributed by atoms with Crippen molar-refractivity contribution in [2.75, 3.05) is 19.7 Å². The van der Waals surface area contributed by atoms with Crippen LogP contribution in [0.5, 0.6) is 5.75 Å². The molecule has 0 spiro atoms. The summed E-state index contributed by atoms with van der Waals surface area (Å²) in [5.74, 6) is 0.0203. The molecule has 0 saturated carbocycles. The predicted molar refractivity (Wildman–Crippen MR) is 70.9 cm³/mol. The Bertz CT molecular complexity index is 353. The zero-order chi connectivity index (χ0) is 13.4. The number of ether oxygens (including phenoxy) is 1. The molecule has 0 aliphatic heterocycles. The van der Waals surface area contributed by atoms with Crippen LogP contribution in [-0.2, 0) is 4.79 Å². The average molecular weight is 251 g/mol. The molecule has 1 N–H and O–H groups in total. The summed E-state index contributed by atoms with van der Waals surface area (Å²) in [6, 6.07) is 9.80. The van der Waals surface area contributed by atoms with Gasteiger partial charge in [-0.3, -0.25) is 9.69 Å². The van der Waals surface area contributed by atoms with Crippen LogP contribution in [0.2, 0.25) is 0 Å². The number of benzene rings is 1. The Morgan fingerprint density at radius 3 is 2.61 bits per heavy atom. The van der Waals surface area contributed by atoms with Crippen LogP contribution >= 0.6 is 0 Å². The van der Waals surface area contributed by atoms with Crippen molar-refractivity contribution in [3.8, 4) is 5.75 Å². The Morgan fingerprint density at radius 1 is 1.39 bits per heavy atom. The number of carboxylic acid groups (broad SMARTS) is 1. The van der Waals surface area contributed by atoms with Crippen LogP contribution in [0.4, 0.5) is 0 Å². The molecule has 0 radical (unpaired) electrons. The highest BCUT2D eigenvalue weighted by Crippen LogP contribution is 2.09. The van der Waals surface area contributed by atoms with Crippen molar-refractivity contribution in [3.05, 3.63) is 30.3 Å². The van der Waals surface area contributed by atoms with Crippen LogP contribution in [0.1, 0.15) is 20.3 Å². The molecule has 1 aromatic carbocycles. The minimum atomic E-state index is -0.796. The quantitative estimate of drug-likeness (QED) is 0.770. The van der Waals surface area contributed by atoms with E-state index < -0.39 is 5.97 Å². The molecule has 0 aliphatic carbocycles. The first kappa shape index (κ1) is 14.5. The molecule has 0 aliphatic rings. The van der Waals surface area contributed by atoms with E-state index in [1.54, 1.807) is 0 Å². The Hall–Kier alpha value is -1.55. The molecule has 0 aromatic heterocycles. The van der Waals surface area contributed by atoms with E-state index in [2.05, 4.69) is 6.92 Å². The lowest BCUT2D eigenvalue weighted by Gasteiger charge is -2.26. The maximum absolute atomic E-state index is 10.8. The van der Waals surface area contributed by atoms with Crippen LogP contribution in [-0.4, -0.2) is 41.7 Å². The molecule has 0 heterocycles. The molecule has 4 heteroatoms. The average Bonchev–Trinajstić information content (AvgIpc) is 2.37. The molecule has 1 atom stereocenters. The lowest BCUT2D eigenvalue weighted by atomic mass is 10.2. The van der Waals surface area contributed by atoms with E-state index in [1.807, 2.05) is 42.2 Å². The molecule has 1 rings (SSSR count). The summed E-state index contributed by atoms with van der Waals surface area (Å²) >= 11 is 0. The Balaban J connectivity index is 2.39. The van der Waals surface area contributed by atoms with Gasteiger partial charge in [-0.15, -0.1) is 0 Å². The minimum absolute atomic E-state index is 0.0627. The highest BCUT2D eigenvalue weighted by Gasteiger charge is 2.15. The van der Waals surface area contributed by atoms with Crippen molar-refractivity contribution < 1.29 is 14.6 Å². The van der Waals surface area contributed by atoms with Gasteiger partial charge in [0.15, 0.2) is 0 Å². The van der Waals surface area contributed by atoms with Crippen molar-refractivity contribution in [2.24, 2.45) is 0 Å². The lowest BCUT2D eigenvalue weighted by Crippen LogP contribution is -2.39. The molecule has 1 aromatic rings. The Morgan fingerprint density at radius 2 is 2.06 bits per heavy atom. The first-order valence-electron chi connectivity index (χ1n) is 6.27. The van der Waals surface area contributed by atoms with Crippen LogP contribution in [0.3, 0.4) is 0 Å². The van der Waals surface area contributed by atoms with Crippen molar-refractivity contribution >= 4 is 5.97 Å². The van der Waals surface area contributed by atoms with Crippen molar-refractivity contribution in [3.63, 3.8) is 0 Å². The number of para-hydroxylation sites is 1. The Labute approximate surface area is 108 Å². The smallest absolute Gasteiger partial charge is 0.317 e. The predicted octanol–water partition coefficient (Wildman–Crippen LogP) is 2.25. The minimum Gasteiger partial charge on any atom is -0.492 e. The number of aliphatic carboxylic acids is 1. The van der Waals surface area contributed by atoms with E-state index >= 15 is 0 Å². The maximum Gasteiger partial charge on any atom is 0.317 e. The van der Waals surface area contributed by atoms with Gasteiger partial charge in [-0.25, -0.2) is 0 Å². The third kappa shape index (κ3) is 5.19. The maximum atomic E-state index is 10.8. The molecular formula is C14H21NO3. The topological polar surface area (TPSA) is 49.8 Å². The van der Waals surface area contributed by atoms with Gasteiger partial charge in [-0.2, -0.15) is 0 Å². The number of nitrogens with zero attached hydrogens (tertiary/aromatic N) is 1. The van der Waals surface area contributed by atoms with Gasteiger partial charge in [0.2, 0.25) is 0 Å². The van der Waals surface area contributed by atoms with E-state index in [1.165, 1.54) is 0 Å². The first-order valence-corrected chi connectivity index (χ1v) is 6.27. The van der Waals surface area contributed by atoms with Crippen LogP contribution < -0.4 is 4.74 Å². The first-order chi connectivity index (χ1) is 8.63. The van der Waals surface area contributed by atoms with Gasteiger partial charge in [0.25, 0.3) is 0 Å². The van der Waals surface area contributed by atoms with E-state index in [4.69, 9.17) is 9.84 Å². The normalized spacial score (nSPS) is 12.4. The molecule has 0 bridgehead atoms. The van der Waals surface area contributed by atoms with E-state index in [9.17, 15) is 4.79 Å². The second-order valence-electron chi connectivity index (χ2n) is 4.28. The van der Waals surface area contributed by atoms with Gasteiger partial charge in [0.05, 0.1) is 6.54 Å². The van der Waals surface area contributed by atoms with Crippen LogP contribution in [0, 0.1) is 0 Å². The second kappa shape index (κ2) is 7.71. The zero-order valence-corrected chi connectivity index (χ0v) is 11.0. The highest BCUT2D eigenvalue weighted by molar-refractivity contribution is 5.69. The molecule has 0 fully saturated rings. The van der Waals surface area contributed by atoms with Crippen molar-refractivity contribution in [1.82, 2.24) is 4.90 Å². The fourth-order valence-corrected chi connectivity index (χ4v) is 1.68. The zero-order valence-electron chi connectivity index (χ0n) is 11.0. The molecule has 100 valence electrons. The summed E-state index contributed by atoms with van der Waals surface area (Å²) in [6.45, 7) is 5.27. The number of carbonyl (C=O) groups is 1. The van der Waals surface area contributed by atoms with Gasteiger partial charge in [-0.05, 0) is 25.5 Å². The fraction of sp³-hybridized carbons (Fsp3) is 0.500. The standard InChI is InChI=1S/C14H21NO3/c1-3-12(2)15(11-14(16)17)9-10-18-13-7-5-4-6-8-13/h4-8,12H,3,9-11H2,1-2H3,(H,16,17). The van der Waals surface area contributed by atoms with E-state index in [-0.39, 0.29) is 12.6 Å². The second-order valence-corrected chi connectivity index (χ2v) is 4.28. The number of hydrogen-bond donors (Lipinski definition) is 1. The van der Waals surface area contributed by atoms with Gasteiger partial charge in [-0.1, -0.05) is 25.1 Å². The lowest BCUT2D eigenvalue weighted by molar-refractivity contribution is -0.139. The van der Waals surface area contributed by atoms with Gasteiger partial charge >= 0.3 is 5.97 Å². The summed E-state index contributed by atoms with van der Waals surface area (Å²) in [4.78, 5) is 12.7. The third-order valence-corrected chi connectivity index (χ3v) is 2.94. The Kier molecular flexibility index (Phi) is 6.22. The van der Waals surface area contributed by atoms with Crippen LogP contribution in [0.15, 0.2) is 30.3 Å². The largest absolute Gasteiger partial charge is 0.492 e. The molecule has 18 heavy (non-hydrogen) atoms. The SMILES string of the molecule is CCC(C)N(CCOc1ccccc1)CC(=O)O. The molecule has 4 nitrogen and oxygen atoms in total. The van der Waals surface area contributed by atoms with E-state index in [0.717, 1.165) is 12.2 Å². The third-order valence-electron chi connectivity index (χ3n) is 2.94. The summed E-state index contributed by atoms with van der Waals surface area (Å²) in [6.07, 6.45) is 0.929. The number of carboxylic acids is 1. The summed E-state index contributed by atoms with van der Waals surface area (Å²) in [7, 11) is 0. The monoisotopic (exact) mass is 251 g/mol. The molecule has 0 amide bonds. The van der Waals surface area contributed by atoms with Gasteiger partial charge < -0.3 is 9.84 Å². The summed E-state index contributed by atoms with van der Waals surface area (Å²) in [5.41, 5.74) is 0. The van der Waals surface area contributed by atoms with E-state index in [0.29, 0.717) is 13.2 Å². The van der Waals surface area contributed by atoms with Gasteiger partial charge in [0.1, 0.15) is 12.4 Å². The van der Waals surface area contributed by atoms with Crippen molar-refractivity contribution in [1.29, 1.82) is 0 Å². The van der Waals surface area contributed by atoms with Gasteiger partial charge in [0, 0.05) is 12.6 Å². The summed E-state index contributed by atoms with van der Waals surface area (Å²) in [5, 5.41) is 8.86. The fourth-order valence-electron chi connectivity index (χ4n) is 1.68. The van der Waals surface area contributed by atoms with Crippen LogP contribution in [0.25, 0.3) is 0 Å². The number of rotatable bonds is 8. The van der Waals surface area contributed by atoms with Crippen molar-refractivity contribution in [2.45, 2.75) is 26.3 Å². The molecule has 0 saturated heterocycles. The summed E-state index contributed by atoms with van der Waals surface area (Å²) < 4.78 is 5.58.